The van der Waals surface area contributed by atoms with E-state index < -0.39 is 8.03 Å². The monoisotopic (exact) mass is 164 g/mol. The molecule has 0 saturated carbocycles. The van der Waals surface area contributed by atoms with Crippen LogP contribution in [0.5, 0.6) is 0 Å². The maximum Gasteiger partial charge on any atom is 0.191 e. The molecule has 0 saturated heterocycles. The average molecular weight is 164 g/mol. The van der Waals surface area contributed by atoms with Crippen LogP contribution in [0.15, 0.2) is 0 Å². The molecular formula is C7H17O2P. The predicted octanol–water partition coefficient (Wildman–Crippen LogP) is 2.69. The average Bonchev–Trinajstić information content (AvgIpc) is 1.98. The first-order valence-electron chi connectivity index (χ1n) is 3.96. The van der Waals surface area contributed by atoms with Crippen LogP contribution in [0, 0.1) is 0 Å². The van der Waals surface area contributed by atoms with E-state index in [0.717, 1.165) is 6.42 Å². The highest BCUT2D eigenvalue weighted by atomic mass is 31.1. The molecular weight excluding hydrogens is 147 g/mol. The van der Waals surface area contributed by atoms with Crippen molar-refractivity contribution in [3.8, 4) is 0 Å². The molecule has 0 aromatic carbocycles. The lowest BCUT2D eigenvalue weighted by atomic mass is 10.3. The minimum atomic E-state index is -1.66. The molecule has 0 aliphatic carbocycles. The van der Waals surface area contributed by atoms with Gasteiger partial charge in [-0.3, -0.25) is 4.57 Å². The topological polar surface area (TPSA) is 26.3 Å². The van der Waals surface area contributed by atoms with Gasteiger partial charge in [0.25, 0.3) is 0 Å². The third kappa shape index (κ3) is 6.31. The summed E-state index contributed by atoms with van der Waals surface area (Å²) in [7, 11) is -1.66. The largest absolute Gasteiger partial charge is 0.330 e. The minimum Gasteiger partial charge on any atom is -0.330 e. The van der Waals surface area contributed by atoms with Gasteiger partial charge in [0.05, 0.1) is 6.61 Å². The fourth-order valence-corrected chi connectivity index (χ4v) is 1.22. The maximum absolute atomic E-state index is 10.7. The van der Waals surface area contributed by atoms with Gasteiger partial charge in [0.1, 0.15) is 0 Å². The second-order valence-electron chi connectivity index (χ2n) is 2.28. The SMILES string of the molecule is CCCCCO[PH](=O)CC. The first-order valence-corrected chi connectivity index (χ1v) is 5.49. The Labute approximate surface area is 63.8 Å². The van der Waals surface area contributed by atoms with Gasteiger partial charge in [0.15, 0.2) is 8.03 Å². The van der Waals surface area contributed by atoms with Crippen LogP contribution in [-0.2, 0) is 9.09 Å². The molecule has 0 fully saturated rings. The van der Waals surface area contributed by atoms with E-state index in [4.69, 9.17) is 4.52 Å². The molecule has 0 amide bonds. The van der Waals surface area contributed by atoms with Crippen LogP contribution in [0.1, 0.15) is 33.1 Å². The summed E-state index contributed by atoms with van der Waals surface area (Å²) in [6.07, 6.45) is 4.10. The van der Waals surface area contributed by atoms with E-state index in [9.17, 15) is 4.57 Å². The normalized spacial score (nSPS) is 13.4. The van der Waals surface area contributed by atoms with E-state index in [0.29, 0.717) is 12.8 Å². The fraction of sp³-hybridized carbons (Fsp3) is 1.00. The molecule has 0 aliphatic heterocycles. The Morgan fingerprint density at radius 1 is 1.30 bits per heavy atom. The van der Waals surface area contributed by atoms with Crippen molar-refractivity contribution in [2.24, 2.45) is 0 Å². The van der Waals surface area contributed by atoms with Crippen LogP contribution < -0.4 is 0 Å². The van der Waals surface area contributed by atoms with E-state index in [1.54, 1.807) is 0 Å². The van der Waals surface area contributed by atoms with Gasteiger partial charge in [-0.2, -0.15) is 0 Å². The highest BCUT2D eigenvalue weighted by molar-refractivity contribution is 7.39. The molecule has 0 spiro atoms. The molecule has 62 valence electrons. The van der Waals surface area contributed by atoms with Crippen molar-refractivity contribution in [2.45, 2.75) is 33.1 Å². The van der Waals surface area contributed by atoms with Crippen molar-refractivity contribution in [3.63, 3.8) is 0 Å². The Morgan fingerprint density at radius 2 is 2.00 bits per heavy atom. The molecule has 0 N–H and O–H groups in total. The lowest BCUT2D eigenvalue weighted by molar-refractivity contribution is 0.318. The Bertz CT molecular complexity index is 93.6. The molecule has 0 aromatic heterocycles. The second kappa shape index (κ2) is 7.30. The van der Waals surface area contributed by atoms with Crippen LogP contribution in [0.2, 0.25) is 0 Å². The van der Waals surface area contributed by atoms with E-state index in [2.05, 4.69) is 6.92 Å². The van der Waals surface area contributed by atoms with Gasteiger partial charge >= 0.3 is 0 Å². The lowest BCUT2D eigenvalue weighted by Crippen LogP contribution is -1.86. The standard InChI is InChI=1S/C7H17O2P/c1-3-5-6-7-9-10(8)4-2/h10H,3-7H2,1-2H3. The number of hydrogen-bond donors (Lipinski definition) is 0. The van der Waals surface area contributed by atoms with Gasteiger partial charge in [-0.05, 0) is 6.42 Å². The molecule has 10 heavy (non-hydrogen) atoms. The molecule has 0 heterocycles. The zero-order valence-electron chi connectivity index (χ0n) is 6.85. The highest BCUT2D eigenvalue weighted by Gasteiger charge is 1.93. The van der Waals surface area contributed by atoms with Crippen LogP contribution in [0.25, 0.3) is 0 Å². The highest BCUT2D eigenvalue weighted by Crippen LogP contribution is 2.20. The first kappa shape index (κ1) is 10.2. The molecule has 0 radical (unpaired) electrons. The Morgan fingerprint density at radius 3 is 2.50 bits per heavy atom. The quantitative estimate of drug-likeness (QED) is 0.445. The van der Waals surface area contributed by atoms with Gasteiger partial charge in [-0.15, -0.1) is 0 Å². The summed E-state index contributed by atoms with van der Waals surface area (Å²) < 4.78 is 15.8. The molecule has 0 aliphatic rings. The smallest absolute Gasteiger partial charge is 0.191 e. The predicted molar refractivity (Wildman–Crippen MR) is 45.0 cm³/mol. The third-order valence-electron chi connectivity index (χ3n) is 1.30. The zero-order chi connectivity index (χ0) is 7.82. The van der Waals surface area contributed by atoms with Crippen molar-refractivity contribution in [1.29, 1.82) is 0 Å². The van der Waals surface area contributed by atoms with Crippen LogP contribution in [0.3, 0.4) is 0 Å². The summed E-state index contributed by atoms with van der Waals surface area (Å²) in [5.74, 6) is 0. The third-order valence-corrected chi connectivity index (χ3v) is 2.40. The Hall–Kier alpha value is 0.190. The maximum atomic E-state index is 10.7. The van der Waals surface area contributed by atoms with Crippen LogP contribution in [-0.4, -0.2) is 12.8 Å². The number of hydrogen-bond acceptors (Lipinski definition) is 2. The van der Waals surface area contributed by atoms with Crippen molar-refractivity contribution >= 4 is 8.03 Å². The Kier molecular flexibility index (Phi) is 7.44. The van der Waals surface area contributed by atoms with Crippen molar-refractivity contribution in [2.75, 3.05) is 12.8 Å². The number of unbranched alkanes of at least 4 members (excludes halogenated alkanes) is 2. The zero-order valence-corrected chi connectivity index (χ0v) is 7.85. The molecule has 0 bridgehead atoms. The lowest BCUT2D eigenvalue weighted by Gasteiger charge is -1.99. The summed E-state index contributed by atoms with van der Waals surface area (Å²) in [6, 6.07) is 0. The summed E-state index contributed by atoms with van der Waals surface area (Å²) in [6.45, 7) is 4.71. The summed E-state index contributed by atoms with van der Waals surface area (Å²) in [5, 5.41) is 0. The van der Waals surface area contributed by atoms with E-state index in [-0.39, 0.29) is 0 Å². The molecule has 0 rings (SSSR count). The van der Waals surface area contributed by atoms with Gasteiger partial charge in [0, 0.05) is 6.16 Å². The van der Waals surface area contributed by atoms with Gasteiger partial charge in [-0.25, -0.2) is 0 Å². The second-order valence-corrected chi connectivity index (χ2v) is 4.02. The summed E-state index contributed by atoms with van der Waals surface area (Å²) >= 11 is 0. The minimum absolute atomic E-state index is 0.677. The Balaban J connectivity index is 2.96. The van der Waals surface area contributed by atoms with Crippen molar-refractivity contribution < 1.29 is 9.09 Å². The molecule has 3 heteroatoms. The molecule has 1 unspecified atom stereocenters. The summed E-state index contributed by atoms with van der Waals surface area (Å²) in [5.41, 5.74) is 0. The first-order chi connectivity index (χ1) is 4.81. The van der Waals surface area contributed by atoms with Gasteiger partial charge in [0.2, 0.25) is 0 Å². The van der Waals surface area contributed by atoms with E-state index in [1.165, 1.54) is 12.8 Å². The van der Waals surface area contributed by atoms with Crippen LogP contribution in [0.4, 0.5) is 0 Å². The van der Waals surface area contributed by atoms with Gasteiger partial charge in [-0.1, -0.05) is 26.7 Å². The summed E-state index contributed by atoms with van der Waals surface area (Å²) in [4.78, 5) is 0. The molecule has 1 atom stereocenters. The van der Waals surface area contributed by atoms with E-state index >= 15 is 0 Å². The van der Waals surface area contributed by atoms with E-state index in [1.807, 2.05) is 6.92 Å². The molecule has 0 aromatic rings. The fourth-order valence-electron chi connectivity index (χ4n) is 0.640. The van der Waals surface area contributed by atoms with Gasteiger partial charge < -0.3 is 4.52 Å². The molecule has 2 nitrogen and oxygen atoms in total. The number of rotatable bonds is 6. The van der Waals surface area contributed by atoms with Crippen molar-refractivity contribution in [1.82, 2.24) is 0 Å². The van der Waals surface area contributed by atoms with Crippen molar-refractivity contribution in [3.05, 3.63) is 0 Å². The van der Waals surface area contributed by atoms with Crippen LogP contribution >= 0.6 is 8.03 Å².